The zero-order valence-corrected chi connectivity index (χ0v) is 7.03. The highest BCUT2D eigenvalue weighted by molar-refractivity contribution is 6.79. The fourth-order valence-electron chi connectivity index (χ4n) is 2.52. The van der Waals surface area contributed by atoms with E-state index >= 15 is 0 Å². The van der Waals surface area contributed by atoms with Crippen LogP contribution in [0.15, 0.2) is 36.3 Å². The van der Waals surface area contributed by atoms with E-state index in [9.17, 15) is 0 Å². The van der Waals surface area contributed by atoms with Gasteiger partial charge in [0.15, 0.2) is 0 Å². The Bertz CT molecular complexity index is 308. The Morgan fingerprint density at radius 2 is 2.17 bits per heavy atom. The first kappa shape index (κ1) is 6.53. The second-order valence-electron chi connectivity index (χ2n) is 3.80. The smallest absolute Gasteiger partial charge is 0.113 e. The molecule has 0 fully saturated rings. The van der Waals surface area contributed by atoms with Crippen LogP contribution in [0.5, 0.6) is 0 Å². The lowest BCUT2D eigenvalue weighted by molar-refractivity contribution is 0.780. The summed E-state index contributed by atoms with van der Waals surface area (Å²) in [4.78, 5) is 0. The first-order chi connectivity index (χ1) is 5.95. The molecule has 0 aliphatic carbocycles. The van der Waals surface area contributed by atoms with Crippen molar-refractivity contribution in [3.8, 4) is 0 Å². The zero-order chi connectivity index (χ0) is 7.97. The minimum Gasteiger partial charge on any atom is -0.113 e. The lowest BCUT2D eigenvalue weighted by Gasteiger charge is -2.31. The molecule has 0 radical (unpaired) electrons. The maximum absolute atomic E-state index is 2.39. The predicted molar refractivity (Wildman–Crippen MR) is 53.1 cm³/mol. The monoisotopic (exact) mass is 154 g/mol. The number of rotatable bonds is 0. The van der Waals surface area contributed by atoms with Crippen LogP contribution in [0.4, 0.5) is 0 Å². The molecule has 1 aromatic carbocycles. The van der Waals surface area contributed by atoms with Gasteiger partial charge >= 0.3 is 0 Å². The van der Waals surface area contributed by atoms with Gasteiger partial charge in [0.1, 0.15) is 0 Å². The summed E-state index contributed by atoms with van der Waals surface area (Å²) in [5.41, 5.74) is 3.16. The molecule has 12 heavy (non-hydrogen) atoms. The van der Waals surface area contributed by atoms with Gasteiger partial charge in [0.2, 0.25) is 6.71 Å². The fourth-order valence-corrected chi connectivity index (χ4v) is 2.52. The van der Waals surface area contributed by atoms with E-state index in [1.54, 1.807) is 11.0 Å². The number of fused-ring (bicyclic) bond motifs is 1. The molecule has 0 nitrogen and oxygen atoms in total. The Hall–Kier alpha value is -0.975. The van der Waals surface area contributed by atoms with Crippen molar-refractivity contribution in [1.29, 1.82) is 0 Å². The number of hydrogen-bond donors (Lipinski definition) is 0. The van der Waals surface area contributed by atoms with Crippen molar-refractivity contribution in [2.75, 3.05) is 0 Å². The summed E-state index contributed by atoms with van der Waals surface area (Å²) in [5, 5.41) is 0. The number of allylic oxidation sites excluding steroid dienone is 1. The molecule has 3 aliphatic rings. The Morgan fingerprint density at radius 3 is 2.92 bits per heavy atom. The normalized spacial score (nSPS) is 24.3. The quantitative estimate of drug-likeness (QED) is 0.501. The van der Waals surface area contributed by atoms with Crippen molar-refractivity contribution >= 4 is 12.2 Å². The lowest BCUT2D eigenvalue weighted by atomic mass is 9.35. The topological polar surface area (TPSA) is 0 Å². The molecule has 3 heterocycles. The van der Waals surface area contributed by atoms with Gasteiger partial charge in [-0.25, -0.2) is 0 Å². The van der Waals surface area contributed by atoms with Crippen LogP contribution >= 0.6 is 0 Å². The maximum Gasteiger partial charge on any atom is 0.201 e. The Morgan fingerprint density at radius 1 is 1.25 bits per heavy atom. The minimum atomic E-state index is 0.728. The highest BCUT2D eigenvalue weighted by atomic mass is 14.2. The molecule has 58 valence electrons. The fraction of sp³-hybridized carbons (Fsp3) is 0.273. The molecular weight excluding hydrogens is 143 g/mol. The zero-order valence-electron chi connectivity index (χ0n) is 7.03. The summed E-state index contributed by atoms with van der Waals surface area (Å²) in [7, 11) is 0. The van der Waals surface area contributed by atoms with Crippen LogP contribution in [0.25, 0.3) is 0 Å². The SMILES string of the molecule is C1=CC2CCB1c1ccccc12. The average Bonchev–Trinajstić information content (AvgIpc) is 2.20. The number of hydrogen-bond acceptors (Lipinski definition) is 0. The molecule has 1 unspecified atom stereocenters. The van der Waals surface area contributed by atoms with E-state index in [0.29, 0.717) is 0 Å². The summed E-state index contributed by atoms with van der Waals surface area (Å²) >= 11 is 0. The molecule has 1 aromatic rings. The van der Waals surface area contributed by atoms with E-state index in [4.69, 9.17) is 0 Å². The van der Waals surface area contributed by atoms with Crippen LogP contribution in [-0.4, -0.2) is 6.71 Å². The van der Waals surface area contributed by atoms with Gasteiger partial charge in [-0.15, -0.1) is 5.98 Å². The Labute approximate surface area is 73.4 Å². The van der Waals surface area contributed by atoms with E-state index in [0.717, 1.165) is 12.6 Å². The molecule has 0 saturated heterocycles. The van der Waals surface area contributed by atoms with Gasteiger partial charge < -0.3 is 0 Å². The summed E-state index contributed by atoms with van der Waals surface area (Å²) in [6.07, 6.45) is 5.10. The largest absolute Gasteiger partial charge is 0.201 e. The second kappa shape index (κ2) is 2.26. The van der Waals surface area contributed by atoms with Gasteiger partial charge in [-0.3, -0.25) is 0 Å². The second-order valence-corrected chi connectivity index (χ2v) is 3.80. The summed E-state index contributed by atoms with van der Waals surface area (Å²) in [5.74, 6) is 3.11. The lowest BCUT2D eigenvalue weighted by Crippen LogP contribution is -2.39. The van der Waals surface area contributed by atoms with Crippen molar-refractivity contribution in [3.05, 3.63) is 41.9 Å². The first-order valence-electron chi connectivity index (χ1n) is 4.72. The van der Waals surface area contributed by atoms with Crippen molar-refractivity contribution in [2.24, 2.45) is 0 Å². The van der Waals surface area contributed by atoms with Crippen molar-refractivity contribution < 1.29 is 0 Å². The van der Waals surface area contributed by atoms with E-state index in [1.165, 1.54) is 12.7 Å². The van der Waals surface area contributed by atoms with Gasteiger partial charge in [-0.05, 0) is 17.9 Å². The molecule has 3 aliphatic heterocycles. The Balaban J connectivity index is 2.24. The predicted octanol–water partition coefficient (Wildman–Crippen LogP) is 1.98. The van der Waals surface area contributed by atoms with Crippen LogP contribution in [0.1, 0.15) is 17.9 Å². The summed E-state index contributed by atoms with van der Waals surface area (Å²) < 4.78 is 0. The molecular formula is C11H11B. The minimum absolute atomic E-state index is 0.728. The standard InChI is InChI=1S/C11H11B/c1-2-4-11-10(3-1)9-5-7-12(11)8-6-9/h1-5,7,9H,6,8H2. The van der Waals surface area contributed by atoms with Gasteiger partial charge in [-0.2, -0.15) is 0 Å². The van der Waals surface area contributed by atoms with Gasteiger partial charge in [-0.1, -0.05) is 42.1 Å². The van der Waals surface area contributed by atoms with Crippen molar-refractivity contribution in [1.82, 2.24) is 0 Å². The molecule has 2 bridgehead atoms. The molecule has 0 N–H and O–H groups in total. The Kier molecular flexibility index (Phi) is 1.23. The van der Waals surface area contributed by atoms with E-state index in [1.807, 2.05) is 0 Å². The van der Waals surface area contributed by atoms with E-state index in [-0.39, 0.29) is 0 Å². The van der Waals surface area contributed by atoms with Crippen molar-refractivity contribution in [3.63, 3.8) is 0 Å². The van der Waals surface area contributed by atoms with Crippen LogP contribution in [0.2, 0.25) is 6.32 Å². The number of benzene rings is 1. The van der Waals surface area contributed by atoms with E-state index in [2.05, 4.69) is 36.3 Å². The molecule has 0 saturated carbocycles. The van der Waals surface area contributed by atoms with Crippen LogP contribution < -0.4 is 5.46 Å². The highest BCUT2D eigenvalue weighted by Gasteiger charge is 2.30. The summed E-state index contributed by atoms with van der Waals surface area (Å²) in [6, 6.07) is 8.89. The molecule has 0 aromatic heterocycles. The van der Waals surface area contributed by atoms with Gasteiger partial charge in [0.05, 0.1) is 0 Å². The average molecular weight is 154 g/mol. The third-order valence-corrected chi connectivity index (χ3v) is 3.16. The molecule has 0 spiro atoms. The highest BCUT2D eigenvalue weighted by Crippen LogP contribution is 2.32. The third kappa shape index (κ3) is 0.740. The first-order valence-corrected chi connectivity index (χ1v) is 4.72. The molecule has 4 rings (SSSR count). The molecule has 0 amide bonds. The van der Waals surface area contributed by atoms with Crippen LogP contribution in [0, 0.1) is 0 Å². The van der Waals surface area contributed by atoms with Crippen molar-refractivity contribution in [2.45, 2.75) is 18.7 Å². The summed E-state index contributed by atoms with van der Waals surface area (Å²) in [6.45, 7) is 0.728. The van der Waals surface area contributed by atoms with Crippen LogP contribution in [-0.2, 0) is 0 Å². The molecule has 1 atom stereocenters. The molecule has 1 heteroatoms. The van der Waals surface area contributed by atoms with Crippen LogP contribution in [0.3, 0.4) is 0 Å². The van der Waals surface area contributed by atoms with E-state index < -0.39 is 0 Å². The van der Waals surface area contributed by atoms with Gasteiger partial charge in [0, 0.05) is 0 Å². The third-order valence-electron chi connectivity index (χ3n) is 3.16. The maximum atomic E-state index is 2.39. The van der Waals surface area contributed by atoms with Gasteiger partial charge in [0.25, 0.3) is 0 Å².